The van der Waals surface area contributed by atoms with E-state index in [0.29, 0.717) is 16.7 Å². The van der Waals surface area contributed by atoms with Crippen molar-refractivity contribution in [2.45, 2.75) is 0 Å². The Bertz CT molecular complexity index is 476. The molecule has 0 saturated heterocycles. The van der Waals surface area contributed by atoms with E-state index >= 15 is 0 Å². The molecular formula is C9H7FN2O. The molecule has 2 aromatic rings. The molecule has 0 aliphatic carbocycles. The standard InChI is InChI=1S/C9H7FN2O/c1-12-7(5-13)3-8-9(12)2-6(10)4-11-8/h2-5H,1H3. The second-order valence-corrected chi connectivity index (χ2v) is 2.80. The van der Waals surface area contributed by atoms with E-state index in [9.17, 15) is 9.18 Å². The molecule has 4 heteroatoms. The summed E-state index contributed by atoms with van der Waals surface area (Å²) in [5.74, 6) is -0.397. The number of carbonyl (C=O) groups is 1. The smallest absolute Gasteiger partial charge is 0.166 e. The minimum atomic E-state index is -0.397. The molecule has 2 heterocycles. The number of pyridine rings is 1. The predicted molar refractivity (Wildman–Crippen MR) is 46.1 cm³/mol. The Hall–Kier alpha value is -1.71. The van der Waals surface area contributed by atoms with Crippen molar-refractivity contribution in [2.24, 2.45) is 7.05 Å². The van der Waals surface area contributed by atoms with Crippen molar-refractivity contribution in [1.82, 2.24) is 9.55 Å². The molecule has 0 N–H and O–H groups in total. The lowest BCUT2D eigenvalue weighted by Gasteiger charge is -1.96. The molecule has 0 radical (unpaired) electrons. The number of aromatic nitrogens is 2. The molecule has 13 heavy (non-hydrogen) atoms. The number of fused-ring (bicyclic) bond motifs is 1. The fourth-order valence-corrected chi connectivity index (χ4v) is 1.31. The maximum absolute atomic E-state index is 12.8. The zero-order valence-corrected chi connectivity index (χ0v) is 6.99. The average molecular weight is 178 g/mol. The van der Waals surface area contributed by atoms with Gasteiger partial charge in [-0.25, -0.2) is 4.39 Å². The maximum Gasteiger partial charge on any atom is 0.166 e. The fraction of sp³-hybridized carbons (Fsp3) is 0.111. The van der Waals surface area contributed by atoms with Gasteiger partial charge in [-0.2, -0.15) is 0 Å². The van der Waals surface area contributed by atoms with Crippen LogP contribution in [-0.4, -0.2) is 15.8 Å². The van der Waals surface area contributed by atoms with E-state index in [0.717, 1.165) is 12.5 Å². The van der Waals surface area contributed by atoms with Gasteiger partial charge in [0.1, 0.15) is 5.82 Å². The van der Waals surface area contributed by atoms with Gasteiger partial charge in [-0.1, -0.05) is 0 Å². The molecule has 0 spiro atoms. The second kappa shape index (κ2) is 2.65. The molecule has 0 aliphatic rings. The summed E-state index contributed by atoms with van der Waals surface area (Å²) in [6.45, 7) is 0. The minimum Gasteiger partial charge on any atom is -0.340 e. The van der Waals surface area contributed by atoms with Crippen molar-refractivity contribution < 1.29 is 9.18 Å². The van der Waals surface area contributed by atoms with Crippen LogP contribution in [0.2, 0.25) is 0 Å². The Morgan fingerprint density at radius 2 is 2.31 bits per heavy atom. The zero-order chi connectivity index (χ0) is 9.42. The highest BCUT2D eigenvalue weighted by Gasteiger charge is 2.06. The van der Waals surface area contributed by atoms with Gasteiger partial charge in [0.15, 0.2) is 6.29 Å². The highest BCUT2D eigenvalue weighted by Crippen LogP contribution is 2.15. The van der Waals surface area contributed by atoms with E-state index in [4.69, 9.17) is 0 Å². The largest absolute Gasteiger partial charge is 0.340 e. The number of carbonyl (C=O) groups excluding carboxylic acids is 1. The van der Waals surface area contributed by atoms with Crippen LogP contribution >= 0.6 is 0 Å². The first-order valence-corrected chi connectivity index (χ1v) is 3.78. The summed E-state index contributed by atoms with van der Waals surface area (Å²) >= 11 is 0. The Kier molecular flexibility index (Phi) is 1.62. The molecule has 0 saturated carbocycles. The molecule has 0 bridgehead atoms. The molecular weight excluding hydrogens is 171 g/mol. The van der Waals surface area contributed by atoms with Crippen LogP contribution in [-0.2, 0) is 7.05 Å². The molecule has 0 aliphatic heterocycles. The third-order valence-electron chi connectivity index (χ3n) is 2.02. The van der Waals surface area contributed by atoms with Crippen LogP contribution in [0.3, 0.4) is 0 Å². The van der Waals surface area contributed by atoms with Crippen molar-refractivity contribution in [1.29, 1.82) is 0 Å². The van der Waals surface area contributed by atoms with E-state index in [-0.39, 0.29) is 0 Å². The molecule has 0 fully saturated rings. The number of halogens is 1. The van der Waals surface area contributed by atoms with Crippen molar-refractivity contribution in [3.63, 3.8) is 0 Å². The number of hydrogen-bond donors (Lipinski definition) is 0. The molecule has 0 amide bonds. The lowest BCUT2D eigenvalue weighted by Crippen LogP contribution is -1.93. The van der Waals surface area contributed by atoms with Crippen LogP contribution in [0.5, 0.6) is 0 Å². The summed E-state index contributed by atoms with van der Waals surface area (Å²) < 4.78 is 14.4. The van der Waals surface area contributed by atoms with Gasteiger partial charge in [0.05, 0.1) is 22.9 Å². The number of aldehydes is 1. The Morgan fingerprint density at radius 1 is 1.54 bits per heavy atom. The van der Waals surface area contributed by atoms with Crippen LogP contribution in [0, 0.1) is 5.82 Å². The topological polar surface area (TPSA) is 34.9 Å². The van der Waals surface area contributed by atoms with E-state index < -0.39 is 5.82 Å². The number of aryl methyl sites for hydroxylation is 1. The van der Waals surface area contributed by atoms with Gasteiger partial charge in [0, 0.05) is 13.1 Å². The summed E-state index contributed by atoms with van der Waals surface area (Å²) in [4.78, 5) is 14.4. The monoisotopic (exact) mass is 178 g/mol. The summed E-state index contributed by atoms with van der Waals surface area (Å²) in [5, 5.41) is 0. The van der Waals surface area contributed by atoms with Crippen LogP contribution in [0.15, 0.2) is 18.3 Å². The van der Waals surface area contributed by atoms with Crippen LogP contribution in [0.4, 0.5) is 4.39 Å². The summed E-state index contributed by atoms with van der Waals surface area (Å²) in [6.07, 6.45) is 1.86. The van der Waals surface area contributed by atoms with Crippen molar-refractivity contribution in [3.8, 4) is 0 Å². The lowest BCUT2D eigenvalue weighted by atomic mass is 10.4. The number of nitrogens with zero attached hydrogens (tertiary/aromatic N) is 2. The molecule has 2 rings (SSSR count). The third-order valence-corrected chi connectivity index (χ3v) is 2.02. The van der Waals surface area contributed by atoms with Crippen molar-refractivity contribution in [2.75, 3.05) is 0 Å². The first-order chi connectivity index (χ1) is 6.22. The quantitative estimate of drug-likeness (QED) is 0.620. The SMILES string of the molecule is Cn1c(C=O)cc2ncc(F)cc21. The van der Waals surface area contributed by atoms with E-state index in [1.54, 1.807) is 17.7 Å². The number of rotatable bonds is 1. The Morgan fingerprint density at radius 3 is 3.00 bits per heavy atom. The van der Waals surface area contributed by atoms with Gasteiger partial charge >= 0.3 is 0 Å². The van der Waals surface area contributed by atoms with Crippen LogP contribution < -0.4 is 0 Å². The van der Waals surface area contributed by atoms with E-state index in [1.165, 1.54) is 6.07 Å². The molecule has 2 aromatic heterocycles. The lowest BCUT2D eigenvalue weighted by molar-refractivity contribution is 0.111. The van der Waals surface area contributed by atoms with Crippen molar-refractivity contribution in [3.05, 3.63) is 29.8 Å². The molecule has 0 aromatic carbocycles. The third kappa shape index (κ3) is 1.11. The van der Waals surface area contributed by atoms with Gasteiger partial charge in [-0.15, -0.1) is 0 Å². The van der Waals surface area contributed by atoms with Gasteiger partial charge in [-0.05, 0) is 6.07 Å². The second-order valence-electron chi connectivity index (χ2n) is 2.80. The summed E-state index contributed by atoms with van der Waals surface area (Å²) in [7, 11) is 1.70. The Labute approximate surface area is 73.8 Å². The molecule has 3 nitrogen and oxygen atoms in total. The van der Waals surface area contributed by atoms with E-state index in [2.05, 4.69) is 4.98 Å². The highest BCUT2D eigenvalue weighted by molar-refractivity contribution is 5.86. The number of hydrogen-bond acceptors (Lipinski definition) is 2. The fourth-order valence-electron chi connectivity index (χ4n) is 1.31. The van der Waals surface area contributed by atoms with Crippen LogP contribution in [0.25, 0.3) is 11.0 Å². The van der Waals surface area contributed by atoms with Crippen LogP contribution in [0.1, 0.15) is 10.5 Å². The van der Waals surface area contributed by atoms with Gasteiger partial charge < -0.3 is 4.57 Å². The predicted octanol–water partition coefficient (Wildman–Crippen LogP) is 1.52. The van der Waals surface area contributed by atoms with E-state index in [1.807, 2.05) is 0 Å². The minimum absolute atomic E-state index is 0.397. The molecule has 66 valence electrons. The molecule has 0 atom stereocenters. The highest BCUT2D eigenvalue weighted by atomic mass is 19.1. The first kappa shape index (κ1) is 7.91. The summed E-state index contributed by atoms with van der Waals surface area (Å²) in [6, 6.07) is 2.98. The zero-order valence-electron chi connectivity index (χ0n) is 6.99. The Balaban J connectivity index is 2.84. The first-order valence-electron chi connectivity index (χ1n) is 3.78. The van der Waals surface area contributed by atoms with Crippen molar-refractivity contribution >= 4 is 17.3 Å². The average Bonchev–Trinajstić information content (AvgIpc) is 2.44. The maximum atomic E-state index is 12.8. The normalized spacial score (nSPS) is 10.6. The van der Waals surface area contributed by atoms with Gasteiger partial charge in [0.25, 0.3) is 0 Å². The van der Waals surface area contributed by atoms with Gasteiger partial charge in [0.2, 0.25) is 0 Å². The summed E-state index contributed by atoms with van der Waals surface area (Å²) in [5.41, 5.74) is 1.75. The van der Waals surface area contributed by atoms with Gasteiger partial charge in [-0.3, -0.25) is 9.78 Å². The molecule has 0 unspecified atom stereocenters.